The molecule has 2 heteroatoms. The molecule has 1 aliphatic carbocycles. The molecule has 0 radical (unpaired) electrons. The fourth-order valence-electron chi connectivity index (χ4n) is 2.51. The number of ketones is 1. The first-order chi connectivity index (χ1) is 8.60. The van der Waals surface area contributed by atoms with Crippen LogP contribution >= 0.6 is 0 Å². The van der Waals surface area contributed by atoms with E-state index in [1.54, 1.807) is 0 Å². The third-order valence-electron chi connectivity index (χ3n) is 4.46. The van der Waals surface area contributed by atoms with Gasteiger partial charge >= 0.3 is 0 Å². The number of hydrogen-bond acceptors (Lipinski definition) is 2. The van der Waals surface area contributed by atoms with E-state index < -0.39 is 5.54 Å². The van der Waals surface area contributed by atoms with Gasteiger partial charge in [-0.3, -0.25) is 4.79 Å². The van der Waals surface area contributed by atoms with E-state index in [2.05, 4.69) is 12.1 Å². The molecule has 0 amide bonds. The Balaban J connectivity index is 2.15. The first-order valence-corrected chi connectivity index (χ1v) is 7.04. The van der Waals surface area contributed by atoms with Crippen molar-refractivity contribution in [2.24, 2.45) is 5.73 Å². The lowest BCUT2D eigenvalue weighted by atomic mass is 9.79. The van der Waals surface area contributed by atoms with Crippen LogP contribution in [0.5, 0.6) is 0 Å². The number of rotatable bonds is 5. The molecule has 0 aliphatic heterocycles. The van der Waals surface area contributed by atoms with Gasteiger partial charge in [0.1, 0.15) is 0 Å². The third-order valence-corrected chi connectivity index (χ3v) is 4.46. The summed E-state index contributed by atoms with van der Waals surface area (Å²) in [7, 11) is 0. The molecule has 1 saturated carbocycles. The van der Waals surface area contributed by atoms with Crippen molar-refractivity contribution >= 4 is 5.78 Å². The predicted molar refractivity (Wildman–Crippen MR) is 74.9 cm³/mol. The van der Waals surface area contributed by atoms with Crippen molar-refractivity contribution in [3.63, 3.8) is 0 Å². The van der Waals surface area contributed by atoms with Crippen molar-refractivity contribution in [1.82, 2.24) is 0 Å². The molecule has 0 aromatic heterocycles. The first-order valence-electron chi connectivity index (χ1n) is 7.04. The molecule has 1 aromatic rings. The highest BCUT2D eigenvalue weighted by Gasteiger charge is 2.30. The highest BCUT2D eigenvalue weighted by Crippen LogP contribution is 2.36. The van der Waals surface area contributed by atoms with E-state index in [1.165, 1.54) is 24.8 Å². The maximum Gasteiger partial charge on any atom is 0.182 e. The predicted octanol–water partition coefficient (Wildman–Crippen LogP) is 3.65. The summed E-state index contributed by atoms with van der Waals surface area (Å²) in [6.45, 7) is 3.95. The van der Waals surface area contributed by atoms with E-state index in [-0.39, 0.29) is 5.78 Å². The van der Waals surface area contributed by atoms with Gasteiger partial charge in [-0.25, -0.2) is 0 Å². The van der Waals surface area contributed by atoms with E-state index in [0.717, 1.165) is 5.56 Å². The Labute approximate surface area is 110 Å². The van der Waals surface area contributed by atoms with Gasteiger partial charge in [0.2, 0.25) is 0 Å². The second kappa shape index (κ2) is 5.23. The molecule has 98 valence electrons. The summed E-state index contributed by atoms with van der Waals surface area (Å²) in [6.07, 6.45) is 5.29. The van der Waals surface area contributed by atoms with Gasteiger partial charge in [0.05, 0.1) is 5.54 Å². The summed E-state index contributed by atoms with van der Waals surface area (Å²) in [4.78, 5) is 12.4. The van der Waals surface area contributed by atoms with Crippen LogP contribution in [0.2, 0.25) is 0 Å². The molecule has 0 unspecified atom stereocenters. The van der Waals surface area contributed by atoms with Crippen LogP contribution in [0.3, 0.4) is 0 Å². The molecular weight excluding hydrogens is 222 g/mol. The maximum absolute atomic E-state index is 12.4. The summed E-state index contributed by atoms with van der Waals surface area (Å²) in [5.74, 6) is 0.793. The molecule has 2 nitrogen and oxygen atoms in total. The van der Waals surface area contributed by atoms with Crippen LogP contribution < -0.4 is 5.73 Å². The number of carbonyl (C=O) groups is 1. The number of nitrogens with two attached hydrogens (primary N) is 1. The van der Waals surface area contributed by atoms with Gasteiger partial charge in [0, 0.05) is 5.56 Å². The topological polar surface area (TPSA) is 43.1 Å². The van der Waals surface area contributed by atoms with Gasteiger partial charge < -0.3 is 5.73 Å². The number of carbonyl (C=O) groups excluding carboxylic acids is 1. The van der Waals surface area contributed by atoms with Crippen molar-refractivity contribution in [3.8, 4) is 0 Å². The summed E-state index contributed by atoms with van der Waals surface area (Å²) < 4.78 is 0. The lowest BCUT2D eigenvalue weighted by Crippen LogP contribution is -2.46. The molecule has 1 aromatic carbocycles. The monoisotopic (exact) mass is 245 g/mol. The second-order valence-corrected chi connectivity index (χ2v) is 5.44. The zero-order valence-electron chi connectivity index (χ0n) is 11.4. The molecular formula is C16H23NO. The van der Waals surface area contributed by atoms with Crippen molar-refractivity contribution in [3.05, 3.63) is 35.4 Å². The van der Waals surface area contributed by atoms with Gasteiger partial charge in [-0.2, -0.15) is 0 Å². The molecule has 0 atom stereocenters. The maximum atomic E-state index is 12.4. The lowest BCUT2D eigenvalue weighted by Gasteiger charge is -2.27. The number of hydrogen-bond donors (Lipinski definition) is 1. The standard InChI is InChI=1S/C16H23NO/c1-3-16(17,4-2)15(18)14-10-8-13(9-11-14)12-6-5-7-12/h8-12H,3-7,17H2,1-2H3. The van der Waals surface area contributed by atoms with Crippen molar-refractivity contribution < 1.29 is 4.79 Å². The summed E-state index contributed by atoms with van der Waals surface area (Å²) in [6, 6.07) is 8.09. The molecule has 2 N–H and O–H groups in total. The Hall–Kier alpha value is -1.15. The third kappa shape index (κ3) is 2.35. The average molecular weight is 245 g/mol. The minimum Gasteiger partial charge on any atom is -0.319 e. The molecule has 0 bridgehead atoms. The fourth-order valence-corrected chi connectivity index (χ4v) is 2.51. The van der Waals surface area contributed by atoms with E-state index in [4.69, 9.17) is 5.73 Å². The summed E-state index contributed by atoms with van der Waals surface area (Å²) >= 11 is 0. The van der Waals surface area contributed by atoms with Gasteiger partial charge in [-0.05, 0) is 37.2 Å². The summed E-state index contributed by atoms with van der Waals surface area (Å²) in [5.41, 5.74) is 7.58. The van der Waals surface area contributed by atoms with E-state index in [0.29, 0.717) is 18.8 Å². The molecule has 1 fully saturated rings. The first kappa shape index (κ1) is 13.3. The fraction of sp³-hybridized carbons (Fsp3) is 0.562. The van der Waals surface area contributed by atoms with Gasteiger partial charge in [0.25, 0.3) is 0 Å². The zero-order valence-corrected chi connectivity index (χ0v) is 11.4. The largest absolute Gasteiger partial charge is 0.319 e. The highest BCUT2D eigenvalue weighted by atomic mass is 16.1. The second-order valence-electron chi connectivity index (χ2n) is 5.44. The van der Waals surface area contributed by atoms with Crippen LogP contribution in [-0.4, -0.2) is 11.3 Å². The minimum atomic E-state index is -0.696. The molecule has 0 spiro atoms. The molecule has 0 heterocycles. The van der Waals surface area contributed by atoms with E-state index in [1.807, 2.05) is 26.0 Å². The number of Topliss-reactive ketones (excluding diaryl/α,β-unsaturated/α-hetero) is 1. The van der Waals surface area contributed by atoms with Crippen molar-refractivity contribution in [2.75, 3.05) is 0 Å². The minimum absolute atomic E-state index is 0.0765. The van der Waals surface area contributed by atoms with Crippen molar-refractivity contribution in [1.29, 1.82) is 0 Å². The average Bonchev–Trinajstić information content (AvgIpc) is 2.36. The summed E-state index contributed by atoms with van der Waals surface area (Å²) in [5, 5.41) is 0. The quantitative estimate of drug-likeness (QED) is 0.804. The highest BCUT2D eigenvalue weighted by molar-refractivity contribution is 6.03. The normalized spacial score (nSPS) is 16.4. The Morgan fingerprint density at radius 2 is 1.78 bits per heavy atom. The van der Waals surface area contributed by atoms with Crippen LogP contribution in [0, 0.1) is 0 Å². The van der Waals surface area contributed by atoms with E-state index in [9.17, 15) is 4.79 Å². The Bertz CT molecular complexity index is 413. The Morgan fingerprint density at radius 1 is 1.22 bits per heavy atom. The molecule has 18 heavy (non-hydrogen) atoms. The zero-order chi connectivity index (χ0) is 13.2. The Kier molecular flexibility index (Phi) is 3.86. The molecule has 1 aliphatic rings. The smallest absolute Gasteiger partial charge is 0.182 e. The van der Waals surface area contributed by atoms with Gasteiger partial charge in [0.15, 0.2) is 5.78 Å². The van der Waals surface area contributed by atoms with Crippen LogP contribution in [0.15, 0.2) is 24.3 Å². The van der Waals surface area contributed by atoms with Crippen LogP contribution in [0.1, 0.15) is 67.8 Å². The lowest BCUT2D eigenvalue weighted by molar-refractivity contribution is 0.0879. The van der Waals surface area contributed by atoms with Crippen LogP contribution in [-0.2, 0) is 0 Å². The molecule has 2 rings (SSSR count). The van der Waals surface area contributed by atoms with E-state index >= 15 is 0 Å². The van der Waals surface area contributed by atoms with Gasteiger partial charge in [-0.1, -0.05) is 44.5 Å². The van der Waals surface area contributed by atoms with Gasteiger partial charge in [-0.15, -0.1) is 0 Å². The SMILES string of the molecule is CCC(N)(CC)C(=O)c1ccc(C2CCC2)cc1. The molecule has 0 saturated heterocycles. The Morgan fingerprint density at radius 3 is 2.17 bits per heavy atom. The van der Waals surface area contributed by atoms with Crippen molar-refractivity contribution in [2.45, 2.75) is 57.4 Å². The van der Waals surface area contributed by atoms with Crippen LogP contribution in [0.4, 0.5) is 0 Å². The van der Waals surface area contributed by atoms with Crippen LogP contribution in [0.25, 0.3) is 0 Å². The number of benzene rings is 1.